The number of carbonyl (C=O) groups is 2. The molecule has 29 heavy (non-hydrogen) atoms. The smallest absolute Gasteiger partial charge is 0.416 e. The molecule has 3 rings (SSSR count). The number of hydrogen-bond acceptors (Lipinski definition) is 5. The molecule has 10 heteroatoms. The normalized spacial score (nSPS) is 16.9. The van der Waals surface area contributed by atoms with E-state index in [9.17, 15) is 22.8 Å². The molecule has 0 spiro atoms. The minimum absolute atomic E-state index is 0.0575. The Balaban J connectivity index is 1.89. The zero-order valence-corrected chi connectivity index (χ0v) is 15.5. The van der Waals surface area contributed by atoms with Crippen LogP contribution in [-0.2, 0) is 11.0 Å². The highest BCUT2D eigenvalue weighted by atomic mass is 32.2. The molecule has 1 saturated heterocycles. The second-order valence-corrected chi connectivity index (χ2v) is 6.87. The molecule has 1 fully saturated rings. The van der Waals surface area contributed by atoms with Gasteiger partial charge in [-0.2, -0.15) is 13.2 Å². The summed E-state index contributed by atoms with van der Waals surface area (Å²) in [4.78, 5) is 27.2. The quantitative estimate of drug-likeness (QED) is 0.760. The van der Waals surface area contributed by atoms with Gasteiger partial charge in [-0.25, -0.2) is 4.99 Å². The Hall–Kier alpha value is -3.27. The van der Waals surface area contributed by atoms with Gasteiger partial charge >= 0.3 is 6.18 Å². The number of benzene rings is 2. The largest absolute Gasteiger partial charge is 0.484 e. The van der Waals surface area contributed by atoms with Crippen LogP contribution in [0.1, 0.15) is 11.1 Å². The van der Waals surface area contributed by atoms with Crippen molar-refractivity contribution in [3.63, 3.8) is 0 Å². The van der Waals surface area contributed by atoms with Crippen LogP contribution in [0.15, 0.2) is 58.4 Å². The second kappa shape index (κ2) is 8.39. The number of rotatable bonds is 5. The van der Waals surface area contributed by atoms with E-state index in [4.69, 9.17) is 10.5 Å². The number of carbonyl (C=O) groups excluding carboxylic acids is 2. The molecule has 2 aromatic rings. The maximum absolute atomic E-state index is 12.9. The molecule has 150 valence electrons. The third-order valence-electron chi connectivity index (χ3n) is 3.61. The second-order valence-electron chi connectivity index (χ2n) is 5.86. The van der Waals surface area contributed by atoms with Crippen LogP contribution in [0.5, 0.6) is 5.75 Å². The number of nitrogens with two attached hydrogens (primary N) is 1. The molecule has 2 aromatic carbocycles. The van der Waals surface area contributed by atoms with E-state index in [1.807, 2.05) is 0 Å². The molecule has 6 nitrogen and oxygen atoms in total. The SMILES string of the molecule is NC(=O)COc1cccc(/C=C2/SC(=O)NC2=Nc2cccc(C(F)(F)F)c2)c1. The van der Waals surface area contributed by atoms with Gasteiger partial charge in [0, 0.05) is 0 Å². The number of nitrogens with zero attached hydrogens (tertiary/aromatic N) is 1. The molecule has 2 amide bonds. The number of halogens is 3. The van der Waals surface area contributed by atoms with E-state index in [0.717, 1.165) is 23.9 Å². The Morgan fingerprint density at radius 2 is 1.97 bits per heavy atom. The number of hydrogen-bond donors (Lipinski definition) is 2. The number of amides is 2. The van der Waals surface area contributed by atoms with Crippen LogP contribution >= 0.6 is 11.8 Å². The molecule has 0 aromatic heterocycles. The first-order valence-corrected chi connectivity index (χ1v) is 9.00. The van der Waals surface area contributed by atoms with Crippen molar-refractivity contribution in [3.8, 4) is 5.75 Å². The van der Waals surface area contributed by atoms with Crippen LogP contribution in [0.4, 0.5) is 23.7 Å². The summed E-state index contributed by atoms with van der Waals surface area (Å²) in [5.74, 6) is -0.0787. The fourth-order valence-corrected chi connectivity index (χ4v) is 3.13. The van der Waals surface area contributed by atoms with E-state index < -0.39 is 22.9 Å². The van der Waals surface area contributed by atoms with Gasteiger partial charge in [-0.05, 0) is 53.7 Å². The summed E-state index contributed by atoms with van der Waals surface area (Å²) >= 11 is 0.865. The van der Waals surface area contributed by atoms with Crippen molar-refractivity contribution >= 4 is 40.5 Å². The van der Waals surface area contributed by atoms with Gasteiger partial charge in [-0.1, -0.05) is 18.2 Å². The highest BCUT2D eigenvalue weighted by Crippen LogP contribution is 2.33. The lowest BCUT2D eigenvalue weighted by Crippen LogP contribution is -2.20. The number of ether oxygens (including phenoxy) is 1. The van der Waals surface area contributed by atoms with E-state index in [0.29, 0.717) is 16.2 Å². The zero-order chi connectivity index (χ0) is 21.0. The summed E-state index contributed by atoms with van der Waals surface area (Å²) in [5, 5.41) is 2.12. The molecule has 1 heterocycles. The monoisotopic (exact) mass is 421 g/mol. The number of aliphatic imine (C=N–C) groups is 1. The minimum Gasteiger partial charge on any atom is -0.484 e. The summed E-state index contributed by atoms with van der Waals surface area (Å²) in [6.07, 6.45) is -2.86. The molecule has 0 radical (unpaired) electrons. The van der Waals surface area contributed by atoms with Crippen LogP contribution in [0.2, 0.25) is 0 Å². The van der Waals surface area contributed by atoms with Crippen molar-refractivity contribution < 1.29 is 27.5 Å². The Kier molecular flexibility index (Phi) is 5.92. The minimum atomic E-state index is -4.49. The lowest BCUT2D eigenvalue weighted by atomic mass is 10.2. The average molecular weight is 421 g/mol. The van der Waals surface area contributed by atoms with Gasteiger partial charge < -0.3 is 15.8 Å². The van der Waals surface area contributed by atoms with E-state index in [-0.39, 0.29) is 18.1 Å². The predicted octanol–water partition coefficient (Wildman–Crippen LogP) is 4.10. The Morgan fingerprint density at radius 1 is 1.21 bits per heavy atom. The molecule has 0 aliphatic carbocycles. The molecule has 0 atom stereocenters. The van der Waals surface area contributed by atoms with Gasteiger partial charge in [0.25, 0.3) is 11.1 Å². The van der Waals surface area contributed by atoms with Crippen molar-refractivity contribution in [1.82, 2.24) is 5.32 Å². The summed E-state index contributed by atoms with van der Waals surface area (Å²) in [7, 11) is 0. The van der Waals surface area contributed by atoms with Crippen LogP contribution in [-0.4, -0.2) is 23.6 Å². The van der Waals surface area contributed by atoms with Gasteiger partial charge in [0.2, 0.25) is 0 Å². The Labute approximate surface area is 167 Å². The topological polar surface area (TPSA) is 93.8 Å². The van der Waals surface area contributed by atoms with Crippen molar-refractivity contribution in [2.24, 2.45) is 10.7 Å². The Morgan fingerprint density at radius 3 is 2.69 bits per heavy atom. The van der Waals surface area contributed by atoms with Gasteiger partial charge in [0.1, 0.15) is 11.6 Å². The van der Waals surface area contributed by atoms with Crippen LogP contribution in [0.25, 0.3) is 6.08 Å². The number of primary amides is 1. The molecule has 1 aliphatic heterocycles. The van der Waals surface area contributed by atoms with Crippen LogP contribution < -0.4 is 15.8 Å². The van der Waals surface area contributed by atoms with E-state index in [1.165, 1.54) is 12.1 Å². The lowest BCUT2D eigenvalue weighted by molar-refractivity contribution is -0.137. The number of amidine groups is 1. The summed E-state index contributed by atoms with van der Waals surface area (Å²) in [5.41, 5.74) is 4.91. The van der Waals surface area contributed by atoms with Gasteiger partial charge in [-0.3, -0.25) is 9.59 Å². The number of nitrogens with one attached hydrogen (secondary N) is 1. The Bertz CT molecular complexity index is 1020. The summed E-state index contributed by atoms with van der Waals surface area (Å²) < 4.78 is 43.9. The molecule has 1 aliphatic rings. The number of alkyl halides is 3. The molecule has 3 N–H and O–H groups in total. The third kappa shape index (κ3) is 5.61. The standard InChI is InChI=1S/C19H14F3N3O3S/c20-19(21,22)12-4-2-5-13(9-12)24-17-15(29-18(27)25-17)8-11-3-1-6-14(7-11)28-10-16(23)26/h1-9H,10H2,(H2,23,26)(H,24,25,27)/b15-8+. The highest BCUT2D eigenvalue weighted by molar-refractivity contribution is 8.18. The number of thioether (sulfide) groups is 1. The van der Waals surface area contributed by atoms with Crippen molar-refractivity contribution in [1.29, 1.82) is 0 Å². The van der Waals surface area contributed by atoms with Crippen LogP contribution in [0, 0.1) is 0 Å². The summed E-state index contributed by atoms with van der Waals surface area (Å²) in [6.45, 7) is -0.281. The van der Waals surface area contributed by atoms with Crippen LogP contribution in [0.3, 0.4) is 0 Å². The van der Waals surface area contributed by atoms with E-state index >= 15 is 0 Å². The first-order chi connectivity index (χ1) is 13.7. The average Bonchev–Trinajstić information content (AvgIpc) is 2.98. The fourth-order valence-electron chi connectivity index (χ4n) is 2.39. The first kappa shape index (κ1) is 20.5. The third-order valence-corrected chi connectivity index (χ3v) is 4.43. The van der Waals surface area contributed by atoms with Gasteiger partial charge in [0.05, 0.1) is 16.2 Å². The van der Waals surface area contributed by atoms with E-state index in [1.54, 1.807) is 30.3 Å². The van der Waals surface area contributed by atoms with Crippen molar-refractivity contribution in [3.05, 3.63) is 64.6 Å². The molecular formula is C19H14F3N3O3S. The van der Waals surface area contributed by atoms with Gasteiger partial charge in [0.15, 0.2) is 6.61 Å². The fraction of sp³-hybridized carbons (Fsp3) is 0.105. The molecule has 0 unspecified atom stereocenters. The zero-order valence-electron chi connectivity index (χ0n) is 14.7. The predicted molar refractivity (Wildman–Crippen MR) is 104 cm³/mol. The lowest BCUT2D eigenvalue weighted by Gasteiger charge is -2.07. The maximum atomic E-state index is 12.9. The molecule has 0 saturated carbocycles. The van der Waals surface area contributed by atoms with Gasteiger partial charge in [-0.15, -0.1) is 0 Å². The summed E-state index contributed by atoms with van der Waals surface area (Å²) in [6, 6.07) is 11.2. The van der Waals surface area contributed by atoms with Crippen molar-refractivity contribution in [2.45, 2.75) is 6.18 Å². The van der Waals surface area contributed by atoms with E-state index in [2.05, 4.69) is 10.3 Å². The molecular weight excluding hydrogens is 407 g/mol. The van der Waals surface area contributed by atoms with Crippen molar-refractivity contribution in [2.75, 3.05) is 6.61 Å². The first-order valence-electron chi connectivity index (χ1n) is 8.19. The highest BCUT2D eigenvalue weighted by Gasteiger charge is 2.30. The molecule has 0 bridgehead atoms. The maximum Gasteiger partial charge on any atom is 0.416 e.